The van der Waals surface area contributed by atoms with E-state index in [0.29, 0.717) is 19.0 Å². The zero-order valence-corrected chi connectivity index (χ0v) is 15.2. The number of carbonyl (C=O) groups excluding carboxylic acids is 1. The maximum absolute atomic E-state index is 12.2. The number of thiazole rings is 1. The Balaban J connectivity index is 1.49. The molecule has 3 rings (SSSR count). The van der Waals surface area contributed by atoms with Crippen LogP contribution in [0.3, 0.4) is 0 Å². The number of hydrogen-bond acceptors (Lipinski definition) is 6. The minimum absolute atomic E-state index is 0.112. The summed E-state index contributed by atoms with van der Waals surface area (Å²) in [5.41, 5.74) is 1.46. The molecule has 0 aliphatic carbocycles. The number of carbonyl (C=O) groups is 1. The van der Waals surface area contributed by atoms with Crippen LogP contribution in [0.4, 0.5) is 5.69 Å². The SMILES string of the molecule is CCOc1ccc(NC(=O)Cc2csc(COc3cccnc3)n2)cc1. The van der Waals surface area contributed by atoms with Gasteiger partial charge in [0, 0.05) is 17.3 Å². The number of rotatable bonds is 8. The van der Waals surface area contributed by atoms with Gasteiger partial charge >= 0.3 is 0 Å². The molecule has 0 saturated carbocycles. The second-order valence-electron chi connectivity index (χ2n) is 5.39. The van der Waals surface area contributed by atoms with E-state index in [4.69, 9.17) is 9.47 Å². The van der Waals surface area contributed by atoms with Crippen LogP contribution in [0.15, 0.2) is 54.2 Å². The highest BCUT2D eigenvalue weighted by atomic mass is 32.1. The predicted molar refractivity (Wildman–Crippen MR) is 101 cm³/mol. The molecule has 3 aromatic rings. The summed E-state index contributed by atoms with van der Waals surface area (Å²) in [6.07, 6.45) is 3.56. The zero-order chi connectivity index (χ0) is 18.2. The Labute approximate surface area is 155 Å². The molecule has 0 saturated heterocycles. The molecule has 0 unspecified atom stereocenters. The molecular formula is C19H19N3O3S. The second-order valence-corrected chi connectivity index (χ2v) is 6.33. The highest BCUT2D eigenvalue weighted by Gasteiger charge is 2.09. The average molecular weight is 369 g/mol. The average Bonchev–Trinajstić information content (AvgIpc) is 3.10. The van der Waals surface area contributed by atoms with Crippen molar-refractivity contribution in [3.63, 3.8) is 0 Å². The van der Waals surface area contributed by atoms with Crippen molar-refractivity contribution in [3.8, 4) is 11.5 Å². The molecule has 2 heterocycles. The molecule has 0 radical (unpaired) electrons. The molecule has 1 N–H and O–H groups in total. The van der Waals surface area contributed by atoms with Crippen molar-refractivity contribution in [3.05, 3.63) is 64.9 Å². The first-order valence-electron chi connectivity index (χ1n) is 8.21. The Kier molecular flexibility index (Phi) is 6.16. The molecule has 1 amide bonds. The Morgan fingerprint density at radius 1 is 1.15 bits per heavy atom. The van der Waals surface area contributed by atoms with Gasteiger partial charge in [0.05, 0.1) is 24.9 Å². The van der Waals surface area contributed by atoms with Crippen LogP contribution in [0.25, 0.3) is 0 Å². The predicted octanol–water partition coefficient (Wildman–Crippen LogP) is 3.70. The number of ether oxygens (including phenoxy) is 2. The molecule has 134 valence electrons. The summed E-state index contributed by atoms with van der Waals surface area (Å²) < 4.78 is 11.0. The van der Waals surface area contributed by atoms with Gasteiger partial charge < -0.3 is 14.8 Å². The number of nitrogens with one attached hydrogen (secondary N) is 1. The molecule has 7 heteroatoms. The largest absolute Gasteiger partial charge is 0.494 e. The lowest BCUT2D eigenvalue weighted by Gasteiger charge is -2.06. The van der Waals surface area contributed by atoms with Crippen LogP contribution in [0, 0.1) is 0 Å². The van der Waals surface area contributed by atoms with E-state index in [1.807, 2.05) is 48.7 Å². The van der Waals surface area contributed by atoms with Gasteiger partial charge in [-0.2, -0.15) is 0 Å². The first kappa shape index (κ1) is 17.9. The van der Waals surface area contributed by atoms with Gasteiger partial charge in [-0.25, -0.2) is 4.98 Å². The minimum Gasteiger partial charge on any atom is -0.494 e. The molecule has 0 aliphatic heterocycles. The Hall–Kier alpha value is -2.93. The van der Waals surface area contributed by atoms with E-state index < -0.39 is 0 Å². The van der Waals surface area contributed by atoms with Crippen molar-refractivity contribution < 1.29 is 14.3 Å². The van der Waals surface area contributed by atoms with E-state index in [2.05, 4.69) is 15.3 Å². The molecular weight excluding hydrogens is 350 g/mol. The highest BCUT2D eigenvalue weighted by molar-refractivity contribution is 7.09. The number of hydrogen-bond donors (Lipinski definition) is 1. The molecule has 0 atom stereocenters. The molecule has 0 bridgehead atoms. The molecule has 6 nitrogen and oxygen atoms in total. The number of pyridine rings is 1. The fourth-order valence-corrected chi connectivity index (χ4v) is 2.95. The van der Waals surface area contributed by atoms with Gasteiger partial charge in [0.15, 0.2) is 0 Å². The third-order valence-corrected chi connectivity index (χ3v) is 4.26. The molecule has 0 spiro atoms. The highest BCUT2D eigenvalue weighted by Crippen LogP contribution is 2.17. The van der Waals surface area contributed by atoms with Gasteiger partial charge in [-0.05, 0) is 43.3 Å². The Morgan fingerprint density at radius 2 is 2.00 bits per heavy atom. The van der Waals surface area contributed by atoms with Gasteiger partial charge in [-0.3, -0.25) is 9.78 Å². The monoisotopic (exact) mass is 369 g/mol. The first-order valence-corrected chi connectivity index (χ1v) is 9.09. The number of amides is 1. The number of nitrogens with zero attached hydrogens (tertiary/aromatic N) is 2. The second kappa shape index (κ2) is 8.96. The Bertz CT molecular complexity index is 835. The summed E-state index contributed by atoms with van der Waals surface area (Å²) in [4.78, 5) is 20.6. The van der Waals surface area contributed by atoms with Crippen LogP contribution >= 0.6 is 11.3 Å². The quantitative estimate of drug-likeness (QED) is 0.655. The van der Waals surface area contributed by atoms with Crippen molar-refractivity contribution in [1.82, 2.24) is 9.97 Å². The van der Waals surface area contributed by atoms with Crippen molar-refractivity contribution in [2.45, 2.75) is 20.0 Å². The van der Waals surface area contributed by atoms with E-state index >= 15 is 0 Å². The van der Waals surface area contributed by atoms with Crippen LogP contribution in [0.1, 0.15) is 17.6 Å². The normalized spacial score (nSPS) is 10.3. The smallest absolute Gasteiger partial charge is 0.230 e. The third-order valence-electron chi connectivity index (χ3n) is 3.39. The van der Waals surface area contributed by atoms with Gasteiger partial charge in [-0.1, -0.05) is 0 Å². The third kappa shape index (κ3) is 5.29. The summed E-state index contributed by atoms with van der Waals surface area (Å²) in [6.45, 7) is 2.90. The summed E-state index contributed by atoms with van der Waals surface area (Å²) in [7, 11) is 0. The van der Waals surface area contributed by atoms with Crippen molar-refractivity contribution >= 4 is 22.9 Å². The van der Waals surface area contributed by atoms with Crippen LogP contribution in [-0.2, 0) is 17.8 Å². The van der Waals surface area contributed by atoms with E-state index in [0.717, 1.165) is 22.1 Å². The van der Waals surface area contributed by atoms with Gasteiger partial charge in [0.2, 0.25) is 5.91 Å². The van der Waals surface area contributed by atoms with E-state index in [1.165, 1.54) is 11.3 Å². The lowest BCUT2D eigenvalue weighted by molar-refractivity contribution is -0.115. The number of aromatic nitrogens is 2. The minimum atomic E-state index is -0.112. The van der Waals surface area contributed by atoms with Gasteiger partial charge in [0.25, 0.3) is 0 Å². The maximum Gasteiger partial charge on any atom is 0.230 e. The number of anilines is 1. The van der Waals surface area contributed by atoms with Crippen LogP contribution in [-0.4, -0.2) is 22.5 Å². The van der Waals surface area contributed by atoms with Crippen molar-refractivity contribution in [2.24, 2.45) is 0 Å². The van der Waals surface area contributed by atoms with Crippen LogP contribution in [0.2, 0.25) is 0 Å². The lowest BCUT2D eigenvalue weighted by atomic mass is 10.2. The topological polar surface area (TPSA) is 73.3 Å². The summed E-state index contributed by atoms with van der Waals surface area (Å²) >= 11 is 1.47. The van der Waals surface area contributed by atoms with Crippen molar-refractivity contribution in [2.75, 3.05) is 11.9 Å². The molecule has 0 aliphatic rings. The van der Waals surface area contributed by atoms with Crippen LogP contribution < -0.4 is 14.8 Å². The standard InChI is InChI=1S/C19H19N3O3S/c1-2-24-16-7-5-14(6-8-16)21-18(23)10-15-13-26-19(22-15)12-25-17-4-3-9-20-11-17/h3-9,11,13H,2,10,12H2,1H3,(H,21,23). The molecule has 0 fully saturated rings. The fourth-order valence-electron chi connectivity index (χ4n) is 2.24. The van der Waals surface area contributed by atoms with Crippen LogP contribution in [0.5, 0.6) is 11.5 Å². The summed E-state index contributed by atoms with van der Waals surface area (Å²) in [5, 5.41) is 5.55. The zero-order valence-electron chi connectivity index (χ0n) is 14.3. The van der Waals surface area contributed by atoms with Crippen molar-refractivity contribution in [1.29, 1.82) is 0 Å². The van der Waals surface area contributed by atoms with E-state index in [9.17, 15) is 4.79 Å². The molecule has 1 aromatic carbocycles. The number of benzene rings is 1. The molecule has 26 heavy (non-hydrogen) atoms. The lowest BCUT2D eigenvalue weighted by Crippen LogP contribution is -2.14. The first-order chi connectivity index (χ1) is 12.7. The fraction of sp³-hybridized carbons (Fsp3) is 0.211. The maximum atomic E-state index is 12.2. The van der Waals surface area contributed by atoms with E-state index in [1.54, 1.807) is 12.4 Å². The summed E-state index contributed by atoms with van der Waals surface area (Å²) in [5.74, 6) is 1.36. The summed E-state index contributed by atoms with van der Waals surface area (Å²) in [6, 6.07) is 10.9. The van der Waals surface area contributed by atoms with E-state index in [-0.39, 0.29) is 12.3 Å². The van der Waals surface area contributed by atoms with Gasteiger partial charge in [-0.15, -0.1) is 11.3 Å². The Morgan fingerprint density at radius 3 is 2.73 bits per heavy atom. The van der Waals surface area contributed by atoms with Gasteiger partial charge in [0.1, 0.15) is 23.1 Å². The molecule has 2 aromatic heterocycles.